The molecule has 7 nitrogen and oxygen atoms in total. The van der Waals surface area contributed by atoms with Crippen molar-refractivity contribution in [1.29, 1.82) is 0 Å². The molecule has 0 aliphatic heterocycles. The van der Waals surface area contributed by atoms with E-state index >= 15 is 0 Å². The van der Waals surface area contributed by atoms with Crippen LogP contribution in [0.2, 0.25) is 0 Å². The first-order valence-corrected chi connectivity index (χ1v) is 9.62. The number of methoxy groups -OCH3 is 2. The Morgan fingerprint density at radius 2 is 1.83 bits per heavy atom. The van der Waals surface area contributed by atoms with Crippen LogP contribution in [0.15, 0.2) is 52.1 Å². The fraction of sp³-hybridized carbons (Fsp3) is 0.250. The van der Waals surface area contributed by atoms with Gasteiger partial charge in [0.25, 0.3) is 11.1 Å². The minimum absolute atomic E-state index is 0.0817. The van der Waals surface area contributed by atoms with Crippen molar-refractivity contribution >= 4 is 17.5 Å². The quantitative estimate of drug-likeness (QED) is 0.375. The first-order valence-electron chi connectivity index (χ1n) is 8.63. The van der Waals surface area contributed by atoms with E-state index in [4.69, 9.17) is 18.6 Å². The fourth-order valence-electron chi connectivity index (χ4n) is 2.45. The Labute approximate surface area is 171 Å². The summed E-state index contributed by atoms with van der Waals surface area (Å²) in [5.74, 6) is 1.32. The topological polar surface area (TPSA) is 83.7 Å². The van der Waals surface area contributed by atoms with Crippen LogP contribution in [0.1, 0.15) is 29.3 Å². The summed E-state index contributed by atoms with van der Waals surface area (Å²) in [5.41, 5.74) is 0.409. The molecule has 0 N–H and O–H groups in total. The number of rotatable bonds is 9. The maximum atomic E-state index is 13.0. The Bertz CT molecular complexity index is 977. The van der Waals surface area contributed by atoms with Gasteiger partial charge >= 0.3 is 0 Å². The van der Waals surface area contributed by atoms with Gasteiger partial charge in [0, 0.05) is 0 Å². The van der Waals surface area contributed by atoms with Gasteiger partial charge in [-0.1, -0.05) is 11.8 Å². The minimum Gasteiger partial charge on any atom is -0.497 e. The van der Waals surface area contributed by atoms with Crippen molar-refractivity contribution in [3.8, 4) is 17.2 Å². The molecule has 2 aromatic carbocycles. The van der Waals surface area contributed by atoms with Crippen LogP contribution in [0, 0.1) is 5.82 Å². The van der Waals surface area contributed by atoms with Crippen LogP contribution in [0.25, 0.3) is 0 Å². The molecule has 0 aliphatic carbocycles. The number of halogens is 1. The molecule has 9 heteroatoms. The Balaban J connectivity index is 1.61. The number of ketones is 1. The summed E-state index contributed by atoms with van der Waals surface area (Å²) in [6.07, 6.45) is -0.531. The lowest BCUT2D eigenvalue weighted by Crippen LogP contribution is -2.05. The van der Waals surface area contributed by atoms with Gasteiger partial charge in [0.2, 0.25) is 0 Å². The second-order valence-corrected chi connectivity index (χ2v) is 6.82. The van der Waals surface area contributed by atoms with E-state index in [1.165, 1.54) is 38.5 Å². The molecule has 3 rings (SSSR count). The number of hydrogen-bond acceptors (Lipinski definition) is 8. The molecule has 0 amide bonds. The number of nitrogens with zero attached hydrogens (tertiary/aromatic N) is 2. The van der Waals surface area contributed by atoms with Crippen molar-refractivity contribution in [3.63, 3.8) is 0 Å². The van der Waals surface area contributed by atoms with E-state index in [-0.39, 0.29) is 28.5 Å². The average Bonchev–Trinajstić information content (AvgIpc) is 3.22. The Morgan fingerprint density at radius 3 is 2.52 bits per heavy atom. The van der Waals surface area contributed by atoms with E-state index in [0.29, 0.717) is 22.8 Å². The van der Waals surface area contributed by atoms with Crippen molar-refractivity contribution in [3.05, 3.63) is 59.7 Å². The molecule has 1 atom stereocenters. The third kappa shape index (κ3) is 5.26. The summed E-state index contributed by atoms with van der Waals surface area (Å²) in [4.78, 5) is 12.6. The summed E-state index contributed by atoms with van der Waals surface area (Å²) in [6, 6.07) is 10.6. The van der Waals surface area contributed by atoms with Crippen molar-refractivity contribution in [2.75, 3.05) is 20.0 Å². The summed E-state index contributed by atoms with van der Waals surface area (Å²) in [7, 11) is 3.03. The maximum Gasteiger partial charge on any atom is 0.277 e. The predicted molar refractivity (Wildman–Crippen MR) is 104 cm³/mol. The van der Waals surface area contributed by atoms with Gasteiger partial charge in [-0.15, -0.1) is 10.2 Å². The van der Waals surface area contributed by atoms with E-state index in [1.807, 2.05) is 0 Å². The maximum absolute atomic E-state index is 13.0. The number of carbonyl (C=O) groups is 1. The number of hydrogen-bond donors (Lipinski definition) is 0. The SMILES string of the molecule is COc1ccc(OC)c(C(=O)CSc2nnc([C@H](C)Oc3ccc(F)cc3)o2)c1. The highest BCUT2D eigenvalue weighted by Gasteiger charge is 2.19. The van der Waals surface area contributed by atoms with Gasteiger partial charge in [0.15, 0.2) is 11.9 Å². The second kappa shape index (κ2) is 9.42. The zero-order valence-electron chi connectivity index (χ0n) is 16.0. The van der Waals surface area contributed by atoms with Crippen molar-refractivity contribution in [2.45, 2.75) is 18.3 Å². The molecule has 0 unspecified atom stereocenters. The van der Waals surface area contributed by atoms with Crippen LogP contribution in [0.3, 0.4) is 0 Å². The van der Waals surface area contributed by atoms with Gasteiger partial charge < -0.3 is 18.6 Å². The third-order valence-electron chi connectivity index (χ3n) is 3.93. The van der Waals surface area contributed by atoms with E-state index in [2.05, 4.69) is 10.2 Å². The highest BCUT2D eigenvalue weighted by Crippen LogP contribution is 2.28. The van der Waals surface area contributed by atoms with Gasteiger partial charge in [-0.25, -0.2) is 4.39 Å². The fourth-order valence-corrected chi connectivity index (χ4v) is 3.10. The van der Waals surface area contributed by atoms with E-state index < -0.39 is 6.10 Å². The summed E-state index contributed by atoms with van der Waals surface area (Å²) in [5, 5.41) is 8.12. The number of aromatic nitrogens is 2. The lowest BCUT2D eigenvalue weighted by Gasteiger charge is -2.10. The monoisotopic (exact) mass is 418 g/mol. The number of ether oxygens (including phenoxy) is 3. The molecular weight excluding hydrogens is 399 g/mol. The van der Waals surface area contributed by atoms with Crippen molar-refractivity contribution in [2.24, 2.45) is 0 Å². The number of Topliss-reactive ketones (excluding diaryl/α,β-unsaturated/α-hetero) is 1. The smallest absolute Gasteiger partial charge is 0.277 e. The van der Waals surface area contributed by atoms with Gasteiger partial charge in [-0.05, 0) is 49.4 Å². The molecule has 0 aliphatic rings. The number of carbonyl (C=O) groups excluding carboxylic acids is 1. The van der Waals surface area contributed by atoms with Crippen LogP contribution < -0.4 is 14.2 Å². The van der Waals surface area contributed by atoms with Crippen LogP contribution in [-0.4, -0.2) is 36.0 Å². The highest BCUT2D eigenvalue weighted by molar-refractivity contribution is 7.99. The Kier molecular flexibility index (Phi) is 6.71. The number of benzene rings is 2. The average molecular weight is 418 g/mol. The standard InChI is InChI=1S/C20H19FN2O5S/c1-12(27-14-6-4-13(21)5-7-14)19-22-23-20(28-19)29-11-17(24)16-10-15(25-2)8-9-18(16)26-3/h4-10,12H,11H2,1-3H3/t12-/m0/s1. The second-order valence-electron chi connectivity index (χ2n) is 5.90. The zero-order chi connectivity index (χ0) is 20.8. The van der Waals surface area contributed by atoms with E-state index in [0.717, 1.165) is 11.8 Å². The summed E-state index contributed by atoms with van der Waals surface area (Å²) in [6.45, 7) is 1.73. The molecule has 1 aromatic heterocycles. The predicted octanol–water partition coefficient (Wildman–Crippen LogP) is 4.34. The third-order valence-corrected chi connectivity index (χ3v) is 4.75. The van der Waals surface area contributed by atoms with Crippen LogP contribution in [0.5, 0.6) is 17.2 Å². The summed E-state index contributed by atoms with van der Waals surface area (Å²) < 4.78 is 34.6. The molecular formula is C20H19FN2O5S. The summed E-state index contributed by atoms with van der Waals surface area (Å²) >= 11 is 1.11. The molecule has 0 fully saturated rings. The minimum atomic E-state index is -0.531. The lowest BCUT2D eigenvalue weighted by atomic mass is 10.1. The van der Waals surface area contributed by atoms with Gasteiger partial charge in [0.05, 0.1) is 25.5 Å². The van der Waals surface area contributed by atoms with Crippen molar-refractivity contribution in [1.82, 2.24) is 10.2 Å². The van der Waals surface area contributed by atoms with Crippen molar-refractivity contribution < 1.29 is 27.8 Å². The normalized spacial score (nSPS) is 11.7. The molecule has 0 saturated carbocycles. The van der Waals surface area contributed by atoms with Gasteiger partial charge in [0.1, 0.15) is 23.1 Å². The molecule has 1 heterocycles. The lowest BCUT2D eigenvalue weighted by molar-refractivity contribution is 0.101. The van der Waals surface area contributed by atoms with Crippen LogP contribution in [0.4, 0.5) is 4.39 Å². The van der Waals surface area contributed by atoms with E-state index in [9.17, 15) is 9.18 Å². The molecule has 29 heavy (non-hydrogen) atoms. The van der Waals surface area contributed by atoms with Crippen LogP contribution in [-0.2, 0) is 0 Å². The molecule has 0 radical (unpaired) electrons. The molecule has 3 aromatic rings. The van der Waals surface area contributed by atoms with Gasteiger partial charge in [-0.2, -0.15) is 0 Å². The molecule has 0 spiro atoms. The van der Waals surface area contributed by atoms with Gasteiger partial charge in [-0.3, -0.25) is 4.79 Å². The zero-order valence-corrected chi connectivity index (χ0v) is 16.9. The van der Waals surface area contributed by atoms with Crippen LogP contribution >= 0.6 is 11.8 Å². The molecule has 0 bridgehead atoms. The molecule has 152 valence electrons. The Morgan fingerprint density at radius 1 is 1.10 bits per heavy atom. The highest BCUT2D eigenvalue weighted by atomic mass is 32.2. The first kappa shape index (κ1) is 20.7. The molecule has 0 saturated heterocycles. The van der Waals surface area contributed by atoms with E-state index in [1.54, 1.807) is 25.1 Å². The largest absolute Gasteiger partial charge is 0.497 e. The Hall–Kier alpha value is -3.07. The first-order chi connectivity index (χ1) is 14.0. The number of thioether (sulfide) groups is 1.